The summed E-state index contributed by atoms with van der Waals surface area (Å²) in [6.45, 7) is 0.312. The Balaban J connectivity index is 2.18. The summed E-state index contributed by atoms with van der Waals surface area (Å²) in [4.78, 5) is 7.94. The van der Waals surface area contributed by atoms with Crippen molar-refractivity contribution in [1.82, 2.24) is 9.97 Å². The third-order valence-corrected chi connectivity index (χ3v) is 1.94. The summed E-state index contributed by atoms with van der Waals surface area (Å²) < 4.78 is 18.4. The first-order chi connectivity index (χ1) is 7.79. The molecule has 0 amide bonds. The van der Waals surface area contributed by atoms with Gasteiger partial charge in [-0.05, 0) is 12.1 Å². The lowest BCUT2D eigenvalue weighted by atomic mass is 10.3. The second-order valence-electron chi connectivity index (χ2n) is 3.08. The van der Waals surface area contributed by atoms with Crippen molar-refractivity contribution in [1.29, 1.82) is 0 Å². The molecule has 1 aromatic heterocycles. The van der Waals surface area contributed by atoms with E-state index in [0.717, 1.165) is 0 Å². The number of hydrogen-bond acceptors (Lipinski definition) is 4. The fourth-order valence-electron chi connectivity index (χ4n) is 1.14. The third kappa shape index (κ3) is 2.32. The van der Waals surface area contributed by atoms with E-state index < -0.39 is 5.82 Å². The Labute approximate surface area is 91.9 Å². The number of nitrogens with two attached hydrogens (primary N) is 1. The van der Waals surface area contributed by atoms with E-state index in [2.05, 4.69) is 9.97 Å². The maximum absolute atomic E-state index is 13.2. The molecule has 5 heteroatoms. The van der Waals surface area contributed by atoms with Crippen molar-refractivity contribution in [2.75, 3.05) is 0 Å². The standard InChI is InChI=1S/C11H10FN3O/c12-9-3-1-2-4-10(9)16-11-7-14-8(5-13)6-15-11/h1-4,6-7H,5,13H2. The van der Waals surface area contributed by atoms with Crippen LogP contribution in [0.3, 0.4) is 0 Å². The summed E-state index contributed by atoms with van der Waals surface area (Å²) in [5, 5.41) is 0. The molecule has 0 aliphatic rings. The average Bonchev–Trinajstić information content (AvgIpc) is 2.33. The number of para-hydroxylation sites is 1. The number of halogens is 1. The summed E-state index contributed by atoms with van der Waals surface area (Å²) in [7, 11) is 0. The summed E-state index contributed by atoms with van der Waals surface area (Å²) >= 11 is 0. The minimum Gasteiger partial charge on any atom is -0.434 e. The molecule has 1 heterocycles. The van der Waals surface area contributed by atoms with Gasteiger partial charge in [-0.3, -0.25) is 4.98 Å². The number of aromatic nitrogens is 2. The predicted molar refractivity (Wildman–Crippen MR) is 56.4 cm³/mol. The number of nitrogens with zero attached hydrogens (tertiary/aromatic N) is 2. The van der Waals surface area contributed by atoms with Crippen molar-refractivity contribution in [3.63, 3.8) is 0 Å². The molecule has 2 N–H and O–H groups in total. The molecule has 2 aromatic rings. The van der Waals surface area contributed by atoms with Crippen LogP contribution in [-0.2, 0) is 6.54 Å². The van der Waals surface area contributed by atoms with Gasteiger partial charge < -0.3 is 10.5 Å². The van der Waals surface area contributed by atoms with Crippen LogP contribution in [0.5, 0.6) is 11.6 Å². The van der Waals surface area contributed by atoms with Crippen LogP contribution in [0, 0.1) is 5.82 Å². The van der Waals surface area contributed by atoms with Crippen LogP contribution < -0.4 is 10.5 Å². The molecule has 1 aromatic carbocycles. The second-order valence-corrected chi connectivity index (χ2v) is 3.08. The molecule has 16 heavy (non-hydrogen) atoms. The van der Waals surface area contributed by atoms with Crippen molar-refractivity contribution < 1.29 is 9.13 Å². The maximum atomic E-state index is 13.2. The number of benzene rings is 1. The summed E-state index contributed by atoms with van der Waals surface area (Å²) in [5.41, 5.74) is 6.03. The van der Waals surface area contributed by atoms with Crippen molar-refractivity contribution in [2.24, 2.45) is 5.73 Å². The Morgan fingerprint density at radius 1 is 1.19 bits per heavy atom. The largest absolute Gasteiger partial charge is 0.434 e. The minimum absolute atomic E-state index is 0.122. The summed E-state index contributed by atoms with van der Waals surface area (Å²) in [6.07, 6.45) is 2.91. The van der Waals surface area contributed by atoms with Gasteiger partial charge in [0.1, 0.15) is 0 Å². The molecule has 0 fully saturated rings. The normalized spacial score (nSPS) is 10.1. The monoisotopic (exact) mass is 219 g/mol. The molecular weight excluding hydrogens is 209 g/mol. The Hall–Kier alpha value is -2.01. The quantitative estimate of drug-likeness (QED) is 0.855. The lowest BCUT2D eigenvalue weighted by Crippen LogP contribution is -2.00. The van der Waals surface area contributed by atoms with E-state index in [4.69, 9.17) is 10.5 Å². The summed E-state index contributed by atoms with van der Waals surface area (Å²) in [5.74, 6) is -0.0770. The summed E-state index contributed by atoms with van der Waals surface area (Å²) in [6, 6.07) is 6.11. The maximum Gasteiger partial charge on any atom is 0.237 e. The fraction of sp³-hybridized carbons (Fsp3) is 0.0909. The zero-order chi connectivity index (χ0) is 11.4. The highest BCUT2D eigenvalue weighted by atomic mass is 19.1. The van der Waals surface area contributed by atoms with Crippen LogP contribution in [0.25, 0.3) is 0 Å². The van der Waals surface area contributed by atoms with E-state index in [1.165, 1.54) is 24.5 Å². The van der Waals surface area contributed by atoms with E-state index in [-0.39, 0.29) is 11.6 Å². The molecule has 0 radical (unpaired) electrons. The van der Waals surface area contributed by atoms with Crippen LogP contribution in [0.4, 0.5) is 4.39 Å². The molecule has 0 aliphatic carbocycles. The highest BCUT2D eigenvalue weighted by Crippen LogP contribution is 2.21. The molecule has 0 aliphatic heterocycles. The number of ether oxygens (including phenoxy) is 1. The first-order valence-corrected chi connectivity index (χ1v) is 4.73. The van der Waals surface area contributed by atoms with Gasteiger partial charge in [0, 0.05) is 6.54 Å². The first-order valence-electron chi connectivity index (χ1n) is 4.73. The van der Waals surface area contributed by atoms with Crippen molar-refractivity contribution >= 4 is 0 Å². The molecule has 4 nitrogen and oxygen atoms in total. The van der Waals surface area contributed by atoms with Gasteiger partial charge in [0.2, 0.25) is 5.88 Å². The van der Waals surface area contributed by atoms with Crippen molar-refractivity contribution in [3.05, 3.63) is 48.2 Å². The first kappa shape index (κ1) is 10.5. The van der Waals surface area contributed by atoms with Gasteiger partial charge in [-0.25, -0.2) is 9.37 Å². The Morgan fingerprint density at radius 2 is 2.00 bits per heavy atom. The Morgan fingerprint density at radius 3 is 2.62 bits per heavy atom. The van der Waals surface area contributed by atoms with Gasteiger partial charge in [-0.15, -0.1) is 0 Å². The van der Waals surface area contributed by atoms with E-state index >= 15 is 0 Å². The van der Waals surface area contributed by atoms with E-state index in [1.54, 1.807) is 12.1 Å². The molecule has 0 saturated heterocycles. The van der Waals surface area contributed by atoms with Gasteiger partial charge in [-0.1, -0.05) is 12.1 Å². The second kappa shape index (κ2) is 4.67. The Kier molecular flexibility index (Phi) is 3.07. The zero-order valence-corrected chi connectivity index (χ0v) is 8.43. The van der Waals surface area contributed by atoms with Gasteiger partial charge >= 0.3 is 0 Å². The number of rotatable bonds is 3. The lowest BCUT2D eigenvalue weighted by molar-refractivity contribution is 0.425. The lowest BCUT2D eigenvalue weighted by Gasteiger charge is -2.05. The molecule has 2 rings (SSSR count). The topological polar surface area (TPSA) is 61.0 Å². The van der Waals surface area contributed by atoms with Crippen LogP contribution in [0.15, 0.2) is 36.7 Å². The van der Waals surface area contributed by atoms with Gasteiger partial charge in [0.05, 0.1) is 18.1 Å². The van der Waals surface area contributed by atoms with E-state index in [9.17, 15) is 4.39 Å². The predicted octanol–water partition coefficient (Wildman–Crippen LogP) is 1.87. The molecule has 0 saturated carbocycles. The zero-order valence-electron chi connectivity index (χ0n) is 8.43. The van der Waals surface area contributed by atoms with Crippen molar-refractivity contribution in [3.8, 4) is 11.6 Å². The number of hydrogen-bond donors (Lipinski definition) is 1. The van der Waals surface area contributed by atoms with Crippen LogP contribution in [0.1, 0.15) is 5.69 Å². The van der Waals surface area contributed by atoms with Crippen LogP contribution >= 0.6 is 0 Å². The smallest absolute Gasteiger partial charge is 0.237 e. The molecule has 0 atom stereocenters. The van der Waals surface area contributed by atoms with Gasteiger partial charge in [-0.2, -0.15) is 0 Å². The van der Waals surface area contributed by atoms with E-state index in [1.807, 2.05) is 0 Å². The van der Waals surface area contributed by atoms with Gasteiger partial charge in [0.15, 0.2) is 11.6 Å². The minimum atomic E-state index is -0.438. The fourth-order valence-corrected chi connectivity index (χ4v) is 1.14. The van der Waals surface area contributed by atoms with Crippen molar-refractivity contribution in [2.45, 2.75) is 6.54 Å². The van der Waals surface area contributed by atoms with E-state index in [0.29, 0.717) is 12.2 Å². The average molecular weight is 219 g/mol. The van der Waals surface area contributed by atoms with Gasteiger partial charge in [0.25, 0.3) is 0 Å². The van der Waals surface area contributed by atoms with Crippen LogP contribution in [-0.4, -0.2) is 9.97 Å². The molecular formula is C11H10FN3O. The Bertz CT molecular complexity index is 473. The molecule has 82 valence electrons. The molecule has 0 unspecified atom stereocenters. The molecule has 0 bridgehead atoms. The highest BCUT2D eigenvalue weighted by Gasteiger charge is 2.04. The third-order valence-electron chi connectivity index (χ3n) is 1.94. The SMILES string of the molecule is NCc1cnc(Oc2ccccc2F)cn1. The molecule has 0 spiro atoms. The highest BCUT2D eigenvalue weighted by molar-refractivity contribution is 5.27. The van der Waals surface area contributed by atoms with Crippen LogP contribution in [0.2, 0.25) is 0 Å².